The normalized spacial score (nSPS) is 11.3. The van der Waals surface area contributed by atoms with Crippen LogP contribution in [-0.2, 0) is 0 Å². The van der Waals surface area contributed by atoms with Gasteiger partial charge in [-0.1, -0.05) is 0 Å². The third kappa shape index (κ3) is 5.31. The number of hydrazine groups is 1. The van der Waals surface area contributed by atoms with E-state index in [0.717, 1.165) is 13.1 Å². The van der Waals surface area contributed by atoms with Gasteiger partial charge in [0.1, 0.15) is 0 Å². The summed E-state index contributed by atoms with van der Waals surface area (Å²) in [4.78, 5) is 16.9. The fraction of sp³-hybridized carbons (Fsp3) is 0.769. The zero-order valence-corrected chi connectivity index (χ0v) is 13.9. The molecule has 1 rings (SSSR count). The first kappa shape index (κ1) is 17.4. The average molecular weight is 296 g/mol. The molecule has 0 saturated carbocycles. The molecule has 0 aromatic carbocycles. The molecule has 120 valence electrons. The molecule has 0 fully saturated rings. The molecule has 0 saturated heterocycles. The van der Waals surface area contributed by atoms with E-state index in [0.29, 0.717) is 29.9 Å². The van der Waals surface area contributed by atoms with Gasteiger partial charge < -0.3 is 10.2 Å². The van der Waals surface area contributed by atoms with Gasteiger partial charge in [-0.2, -0.15) is 15.0 Å². The van der Waals surface area contributed by atoms with Crippen molar-refractivity contribution >= 4 is 17.8 Å². The topological polar surface area (TPSA) is 95.2 Å². The summed E-state index contributed by atoms with van der Waals surface area (Å²) in [6, 6.07) is 1.01. The average Bonchev–Trinajstić information content (AvgIpc) is 2.42. The largest absolute Gasteiger partial charge is 0.353 e. The number of nitrogens with one attached hydrogen (secondary N) is 2. The van der Waals surface area contributed by atoms with Crippen molar-refractivity contribution in [3.8, 4) is 0 Å². The Morgan fingerprint density at radius 3 is 2.05 bits per heavy atom. The molecule has 1 aromatic rings. The summed E-state index contributed by atoms with van der Waals surface area (Å²) in [5, 5.41) is 3.23. The van der Waals surface area contributed by atoms with Gasteiger partial charge in [-0.05, 0) is 27.7 Å². The quantitative estimate of drug-likeness (QED) is 0.478. The van der Waals surface area contributed by atoms with Gasteiger partial charge in [-0.25, -0.2) is 5.84 Å². The van der Waals surface area contributed by atoms with Crippen molar-refractivity contribution in [2.24, 2.45) is 5.84 Å². The molecule has 0 atom stereocenters. The number of nitrogen functional groups attached to an aromatic ring is 1. The highest BCUT2D eigenvalue weighted by Gasteiger charge is 2.13. The van der Waals surface area contributed by atoms with Crippen LogP contribution in [0, 0.1) is 0 Å². The van der Waals surface area contributed by atoms with Gasteiger partial charge in [0, 0.05) is 39.3 Å². The van der Waals surface area contributed by atoms with Crippen LogP contribution in [0.15, 0.2) is 0 Å². The molecule has 0 aliphatic heterocycles. The number of aromatic nitrogens is 3. The maximum Gasteiger partial charge on any atom is 0.243 e. The minimum atomic E-state index is 0.348. The Labute approximate surface area is 127 Å². The van der Waals surface area contributed by atoms with Crippen molar-refractivity contribution in [1.82, 2.24) is 19.9 Å². The molecular formula is C13H28N8. The van der Waals surface area contributed by atoms with E-state index in [1.165, 1.54) is 0 Å². The molecule has 1 heterocycles. The molecule has 0 aliphatic carbocycles. The number of nitrogens with zero attached hydrogens (tertiary/aromatic N) is 5. The van der Waals surface area contributed by atoms with E-state index in [-0.39, 0.29) is 0 Å². The fourth-order valence-electron chi connectivity index (χ4n) is 2.12. The highest BCUT2D eigenvalue weighted by molar-refractivity contribution is 5.42. The molecule has 0 bridgehead atoms. The van der Waals surface area contributed by atoms with Gasteiger partial charge in [-0.15, -0.1) is 0 Å². The summed E-state index contributed by atoms with van der Waals surface area (Å²) < 4.78 is 0. The summed E-state index contributed by atoms with van der Waals surface area (Å²) in [7, 11) is 3.75. The van der Waals surface area contributed by atoms with Crippen molar-refractivity contribution in [3.05, 3.63) is 0 Å². The van der Waals surface area contributed by atoms with Crippen LogP contribution in [0.3, 0.4) is 0 Å². The summed E-state index contributed by atoms with van der Waals surface area (Å²) in [6.45, 7) is 10.5. The Morgan fingerprint density at radius 2 is 1.57 bits per heavy atom. The van der Waals surface area contributed by atoms with E-state index in [1.807, 2.05) is 19.0 Å². The molecule has 0 aliphatic rings. The molecule has 1 aromatic heterocycles. The van der Waals surface area contributed by atoms with E-state index in [2.05, 4.69) is 58.3 Å². The van der Waals surface area contributed by atoms with Crippen LogP contribution in [0.2, 0.25) is 0 Å². The highest BCUT2D eigenvalue weighted by atomic mass is 15.4. The van der Waals surface area contributed by atoms with Crippen LogP contribution in [-0.4, -0.2) is 59.1 Å². The summed E-state index contributed by atoms with van der Waals surface area (Å²) in [5.74, 6) is 6.82. The second-order valence-electron chi connectivity index (χ2n) is 5.67. The monoisotopic (exact) mass is 296 g/mol. The second-order valence-corrected chi connectivity index (χ2v) is 5.67. The summed E-state index contributed by atoms with van der Waals surface area (Å²) in [6.07, 6.45) is 0. The summed E-state index contributed by atoms with van der Waals surface area (Å²) in [5.41, 5.74) is 2.46. The van der Waals surface area contributed by atoms with Crippen LogP contribution in [0.5, 0.6) is 0 Å². The van der Waals surface area contributed by atoms with Crippen LogP contribution in [0.4, 0.5) is 17.8 Å². The van der Waals surface area contributed by atoms with Gasteiger partial charge in [0.25, 0.3) is 0 Å². The van der Waals surface area contributed by atoms with Crippen molar-refractivity contribution < 1.29 is 0 Å². The first-order valence-electron chi connectivity index (χ1n) is 7.24. The Kier molecular flexibility index (Phi) is 6.57. The lowest BCUT2D eigenvalue weighted by molar-refractivity contribution is 0.182. The third-order valence-corrected chi connectivity index (χ3v) is 3.13. The molecule has 0 unspecified atom stereocenters. The zero-order chi connectivity index (χ0) is 16.0. The molecule has 8 nitrogen and oxygen atoms in total. The second kappa shape index (κ2) is 7.94. The first-order chi connectivity index (χ1) is 9.85. The molecule has 0 radical (unpaired) electrons. The van der Waals surface area contributed by atoms with Crippen molar-refractivity contribution in [2.75, 3.05) is 42.8 Å². The SMILES string of the molecule is CC(C)N(CCNc1nc(NN)nc(N(C)C)n1)C(C)C. The van der Waals surface area contributed by atoms with E-state index in [4.69, 9.17) is 5.84 Å². The van der Waals surface area contributed by atoms with E-state index in [1.54, 1.807) is 0 Å². The van der Waals surface area contributed by atoms with Crippen LogP contribution in [0.1, 0.15) is 27.7 Å². The van der Waals surface area contributed by atoms with Crippen molar-refractivity contribution in [3.63, 3.8) is 0 Å². The molecular weight excluding hydrogens is 268 g/mol. The predicted octanol–water partition coefficient (Wildman–Crippen LogP) is 0.754. The van der Waals surface area contributed by atoms with E-state index < -0.39 is 0 Å². The van der Waals surface area contributed by atoms with Crippen LogP contribution in [0.25, 0.3) is 0 Å². The van der Waals surface area contributed by atoms with Gasteiger partial charge >= 0.3 is 0 Å². The lowest BCUT2D eigenvalue weighted by atomic mass is 10.2. The molecule has 0 amide bonds. The van der Waals surface area contributed by atoms with Crippen molar-refractivity contribution in [2.45, 2.75) is 39.8 Å². The van der Waals surface area contributed by atoms with Gasteiger partial charge in [0.15, 0.2) is 0 Å². The Morgan fingerprint density at radius 1 is 1.00 bits per heavy atom. The van der Waals surface area contributed by atoms with Crippen molar-refractivity contribution in [1.29, 1.82) is 0 Å². The maximum absolute atomic E-state index is 5.39. The lowest BCUT2D eigenvalue weighted by Crippen LogP contribution is -2.40. The van der Waals surface area contributed by atoms with Gasteiger partial charge in [-0.3, -0.25) is 10.3 Å². The number of nitrogens with two attached hydrogens (primary N) is 1. The lowest BCUT2D eigenvalue weighted by Gasteiger charge is -2.30. The third-order valence-electron chi connectivity index (χ3n) is 3.13. The standard InChI is InChI=1S/C13H28N8/c1-9(2)21(10(3)4)8-7-15-11-16-12(19-14)18-13(17-11)20(5)6/h9-10H,7-8,14H2,1-6H3,(H2,15,16,17,18,19). The number of rotatable bonds is 8. The predicted molar refractivity (Wildman–Crippen MR) is 87.4 cm³/mol. The van der Waals surface area contributed by atoms with E-state index in [9.17, 15) is 0 Å². The zero-order valence-electron chi connectivity index (χ0n) is 13.9. The van der Waals surface area contributed by atoms with Crippen LogP contribution < -0.4 is 21.5 Å². The van der Waals surface area contributed by atoms with Crippen LogP contribution >= 0.6 is 0 Å². The number of hydrogen-bond acceptors (Lipinski definition) is 8. The first-order valence-corrected chi connectivity index (χ1v) is 7.24. The van der Waals surface area contributed by atoms with Gasteiger partial charge in [0.2, 0.25) is 17.8 Å². The Bertz CT molecular complexity index is 424. The molecule has 0 spiro atoms. The molecule has 8 heteroatoms. The Balaban J connectivity index is 2.68. The molecule has 4 N–H and O–H groups in total. The fourth-order valence-corrected chi connectivity index (χ4v) is 2.12. The Hall–Kier alpha value is -1.67. The maximum atomic E-state index is 5.39. The minimum Gasteiger partial charge on any atom is -0.353 e. The smallest absolute Gasteiger partial charge is 0.243 e. The van der Waals surface area contributed by atoms with Gasteiger partial charge in [0.05, 0.1) is 0 Å². The number of anilines is 3. The van der Waals surface area contributed by atoms with E-state index >= 15 is 0 Å². The summed E-state index contributed by atoms with van der Waals surface area (Å²) >= 11 is 0. The highest BCUT2D eigenvalue weighted by Crippen LogP contribution is 2.11. The molecule has 21 heavy (non-hydrogen) atoms. The number of hydrogen-bond donors (Lipinski definition) is 3. The minimum absolute atomic E-state index is 0.348.